The highest BCUT2D eigenvalue weighted by Gasteiger charge is 1.90. The Morgan fingerprint density at radius 3 is 1.40 bits per heavy atom. The number of carbonyl (C=O) groups excluding carboxylic acids is 1. The maximum absolute atomic E-state index is 9.04. The van der Waals surface area contributed by atoms with E-state index in [2.05, 4.69) is 18.8 Å². The Labute approximate surface area is 62.2 Å². The standard InChI is InChI=1S/C3H9S.C2H2O4/c1-4(2)3;3-1(4)2(5)6/h1-3H3;(H,3,4)(H,5,6)/q+1;/p-1. The minimum absolute atomic E-state index is 0.639. The van der Waals surface area contributed by atoms with Gasteiger partial charge in [0.2, 0.25) is 0 Å². The lowest BCUT2D eigenvalue weighted by atomic mass is 10.7. The molecule has 0 aliphatic heterocycles. The molecule has 0 saturated carbocycles. The summed E-state index contributed by atoms with van der Waals surface area (Å²) in [6.07, 6.45) is 6.58. The van der Waals surface area contributed by atoms with Crippen molar-refractivity contribution >= 4 is 22.8 Å². The van der Waals surface area contributed by atoms with Crippen LogP contribution in [-0.4, -0.2) is 35.8 Å². The Kier molecular flexibility index (Phi) is 7.70. The van der Waals surface area contributed by atoms with Gasteiger partial charge in [0.1, 0.15) is 0 Å². The fourth-order valence-electron chi connectivity index (χ4n) is 0. The second-order valence-electron chi connectivity index (χ2n) is 1.82. The van der Waals surface area contributed by atoms with Crippen molar-refractivity contribution in [2.24, 2.45) is 0 Å². The molecule has 0 aromatic rings. The monoisotopic (exact) mass is 166 g/mol. The van der Waals surface area contributed by atoms with Gasteiger partial charge in [-0.3, -0.25) is 0 Å². The molecule has 5 heteroatoms. The molecule has 0 aliphatic rings. The summed E-state index contributed by atoms with van der Waals surface area (Å²) < 4.78 is 0. The molecule has 60 valence electrons. The Balaban J connectivity index is 0. The SMILES string of the molecule is C[S+](C)C.O=C([O-])C(=O)O. The van der Waals surface area contributed by atoms with Gasteiger partial charge in [0.05, 0.1) is 18.8 Å². The number of aliphatic carboxylic acids is 2. The molecule has 0 unspecified atom stereocenters. The van der Waals surface area contributed by atoms with Crippen LogP contribution in [0.5, 0.6) is 0 Å². The van der Waals surface area contributed by atoms with E-state index in [9.17, 15) is 0 Å². The average Bonchev–Trinajstić information content (AvgIpc) is 1.63. The van der Waals surface area contributed by atoms with E-state index in [0.717, 1.165) is 0 Å². The van der Waals surface area contributed by atoms with Crippen LogP contribution in [0, 0.1) is 0 Å². The average molecular weight is 166 g/mol. The van der Waals surface area contributed by atoms with Crippen molar-refractivity contribution in [2.75, 3.05) is 18.8 Å². The van der Waals surface area contributed by atoms with Gasteiger partial charge in [0.15, 0.2) is 5.97 Å². The summed E-state index contributed by atoms with van der Waals surface area (Å²) in [4.78, 5) is 18.0. The van der Waals surface area contributed by atoms with Crippen LogP contribution in [0.4, 0.5) is 0 Å². The van der Waals surface area contributed by atoms with Crippen LogP contribution >= 0.6 is 0 Å². The first-order valence-corrected chi connectivity index (χ1v) is 4.76. The van der Waals surface area contributed by atoms with Crippen LogP contribution < -0.4 is 5.11 Å². The highest BCUT2D eigenvalue weighted by molar-refractivity contribution is 7.94. The first-order chi connectivity index (χ1) is 4.37. The Hall–Kier alpha value is -0.710. The summed E-state index contributed by atoms with van der Waals surface area (Å²) in [5.74, 6) is -4.01. The molecular weight excluding hydrogens is 156 g/mol. The van der Waals surface area contributed by atoms with Crippen LogP contribution in [0.25, 0.3) is 0 Å². The fourth-order valence-corrected chi connectivity index (χ4v) is 0. The minimum atomic E-state index is -2.07. The van der Waals surface area contributed by atoms with E-state index >= 15 is 0 Å². The molecule has 0 saturated heterocycles. The van der Waals surface area contributed by atoms with Crippen molar-refractivity contribution in [3.05, 3.63) is 0 Å². The smallest absolute Gasteiger partial charge is 0.351 e. The second kappa shape index (κ2) is 6.41. The van der Waals surface area contributed by atoms with Gasteiger partial charge in [-0.25, -0.2) is 4.79 Å². The summed E-state index contributed by atoms with van der Waals surface area (Å²) in [5, 5.41) is 16.3. The van der Waals surface area contributed by atoms with E-state index < -0.39 is 11.9 Å². The second-order valence-corrected chi connectivity index (χ2v) is 4.27. The van der Waals surface area contributed by atoms with Crippen molar-refractivity contribution in [1.29, 1.82) is 0 Å². The quantitative estimate of drug-likeness (QED) is 0.344. The zero-order chi connectivity index (χ0) is 8.73. The van der Waals surface area contributed by atoms with Crippen molar-refractivity contribution in [3.63, 3.8) is 0 Å². The van der Waals surface area contributed by atoms with E-state index in [-0.39, 0.29) is 0 Å². The van der Waals surface area contributed by atoms with Crippen LogP contribution in [0.3, 0.4) is 0 Å². The molecule has 0 rings (SSSR count). The van der Waals surface area contributed by atoms with E-state index in [0.29, 0.717) is 10.9 Å². The van der Waals surface area contributed by atoms with Crippen LogP contribution in [0.15, 0.2) is 0 Å². The van der Waals surface area contributed by atoms with Crippen molar-refractivity contribution in [1.82, 2.24) is 0 Å². The van der Waals surface area contributed by atoms with Crippen LogP contribution in [0.1, 0.15) is 0 Å². The third-order valence-electron chi connectivity index (χ3n) is 0.175. The number of carboxylic acid groups (broad SMARTS) is 2. The summed E-state index contributed by atoms with van der Waals surface area (Å²) in [5.41, 5.74) is 0. The van der Waals surface area contributed by atoms with Gasteiger partial charge < -0.3 is 15.0 Å². The number of carbonyl (C=O) groups is 2. The fraction of sp³-hybridized carbons (Fsp3) is 0.600. The van der Waals surface area contributed by atoms with E-state index in [1.807, 2.05) is 0 Å². The first kappa shape index (κ1) is 12.0. The molecule has 0 amide bonds. The van der Waals surface area contributed by atoms with E-state index in [1.165, 1.54) is 0 Å². The van der Waals surface area contributed by atoms with E-state index in [1.54, 1.807) is 0 Å². The Bertz CT molecular complexity index is 106. The van der Waals surface area contributed by atoms with Gasteiger partial charge >= 0.3 is 5.97 Å². The van der Waals surface area contributed by atoms with Crippen molar-refractivity contribution < 1.29 is 19.8 Å². The summed E-state index contributed by atoms with van der Waals surface area (Å²) in [7, 11) is 0.639. The Morgan fingerprint density at radius 2 is 1.40 bits per heavy atom. The molecule has 1 N–H and O–H groups in total. The first-order valence-electron chi connectivity index (χ1n) is 2.31. The van der Waals surface area contributed by atoms with Gasteiger partial charge in [0.25, 0.3) is 0 Å². The number of rotatable bonds is 0. The van der Waals surface area contributed by atoms with Crippen LogP contribution in [-0.2, 0) is 20.5 Å². The lowest BCUT2D eigenvalue weighted by Gasteiger charge is -1.85. The van der Waals surface area contributed by atoms with Crippen molar-refractivity contribution in [2.45, 2.75) is 0 Å². The minimum Gasteiger partial charge on any atom is -0.539 e. The van der Waals surface area contributed by atoms with E-state index in [4.69, 9.17) is 19.8 Å². The molecule has 0 fully saturated rings. The molecule has 0 radical (unpaired) electrons. The summed E-state index contributed by atoms with van der Waals surface area (Å²) in [6.45, 7) is 0. The van der Waals surface area contributed by atoms with Crippen molar-refractivity contribution in [3.8, 4) is 0 Å². The predicted molar refractivity (Wildman–Crippen MR) is 37.8 cm³/mol. The molecule has 10 heavy (non-hydrogen) atoms. The zero-order valence-electron chi connectivity index (χ0n) is 6.08. The molecule has 0 bridgehead atoms. The number of carboxylic acids is 2. The molecular formula is C5H10O4S. The van der Waals surface area contributed by atoms with Crippen LogP contribution in [0.2, 0.25) is 0 Å². The number of hydrogen-bond acceptors (Lipinski definition) is 3. The zero-order valence-corrected chi connectivity index (χ0v) is 6.90. The molecule has 0 aliphatic carbocycles. The molecule has 0 aromatic heterocycles. The van der Waals surface area contributed by atoms with Gasteiger partial charge in [-0.1, -0.05) is 0 Å². The van der Waals surface area contributed by atoms with Gasteiger partial charge in [0, 0.05) is 0 Å². The summed E-state index contributed by atoms with van der Waals surface area (Å²) >= 11 is 0. The van der Waals surface area contributed by atoms with Gasteiger partial charge in [-0.15, -0.1) is 0 Å². The maximum Gasteiger partial charge on any atom is 0.351 e. The third kappa shape index (κ3) is 26.6. The Morgan fingerprint density at radius 1 is 1.30 bits per heavy atom. The molecule has 0 heterocycles. The highest BCUT2D eigenvalue weighted by atomic mass is 32.2. The lowest BCUT2D eigenvalue weighted by molar-refractivity contribution is -0.303. The molecule has 0 spiro atoms. The molecule has 4 nitrogen and oxygen atoms in total. The predicted octanol–water partition coefficient (Wildman–Crippen LogP) is -1.68. The largest absolute Gasteiger partial charge is 0.539 e. The van der Waals surface area contributed by atoms with Gasteiger partial charge in [-0.05, 0) is 10.9 Å². The normalized spacial score (nSPS) is 8.00. The highest BCUT2D eigenvalue weighted by Crippen LogP contribution is 1.63. The van der Waals surface area contributed by atoms with Gasteiger partial charge in [-0.2, -0.15) is 0 Å². The molecule has 0 atom stereocenters. The third-order valence-corrected chi connectivity index (χ3v) is 0.175. The number of hydrogen-bond donors (Lipinski definition) is 1. The lowest BCUT2D eigenvalue weighted by Crippen LogP contribution is -2.30. The summed E-state index contributed by atoms with van der Waals surface area (Å²) in [6, 6.07) is 0. The topological polar surface area (TPSA) is 77.4 Å². The molecule has 0 aromatic carbocycles. The maximum atomic E-state index is 9.04.